The summed E-state index contributed by atoms with van der Waals surface area (Å²) in [5, 5.41) is 2.37. The summed E-state index contributed by atoms with van der Waals surface area (Å²) >= 11 is 0. The van der Waals surface area contributed by atoms with Crippen LogP contribution in [0.1, 0.15) is 36.0 Å². The summed E-state index contributed by atoms with van der Waals surface area (Å²) in [4.78, 5) is 12.0. The van der Waals surface area contributed by atoms with Gasteiger partial charge < -0.3 is 11.1 Å². The van der Waals surface area contributed by atoms with Gasteiger partial charge in [0.25, 0.3) is 5.91 Å². The molecule has 0 saturated heterocycles. The van der Waals surface area contributed by atoms with Gasteiger partial charge in [-0.3, -0.25) is 4.79 Å². The van der Waals surface area contributed by atoms with E-state index in [0.717, 1.165) is 6.07 Å². The minimum atomic E-state index is -4.34. The van der Waals surface area contributed by atoms with E-state index >= 15 is 0 Å². The molecular weight excluding hydrogens is 288 g/mol. The van der Waals surface area contributed by atoms with Crippen LogP contribution in [0.15, 0.2) is 18.2 Å². The first-order valence-corrected chi connectivity index (χ1v) is 6.71. The molecule has 1 saturated carbocycles. The summed E-state index contributed by atoms with van der Waals surface area (Å²) in [5.74, 6) is -3.03. The molecule has 1 fully saturated rings. The van der Waals surface area contributed by atoms with E-state index in [-0.39, 0.29) is 24.1 Å². The maximum atomic E-state index is 13.3. The number of amides is 1. The Balaban J connectivity index is 2.11. The van der Waals surface area contributed by atoms with Gasteiger partial charge in [-0.1, -0.05) is 12.8 Å². The highest BCUT2D eigenvalue weighted by molar-refractivity contribution is 5.94. The summed E-state index contributed by atoms with van der Waals surface area (Å²) in [5.41, 5.74) is 5.15. The second-order valence-corrected chi connectivity index (χ2v) is 5.25. The first kappa shape index (κ1) is 15.6. The highest BCUT2D eigenvalue weighted by Gasteiger charge is 2.45. The van der Waals surface area contributed by atoms with Crippen molar-refractivity contribution in [2.75, 3.05) is 5.73 Å². The predicted molar refractivity (Wildman–Crippen MR) is 70.1 cm³/mol. The lowest BCUT2D eigenvalue weighted by atomic mass is 9.84. The zero-order valence-electron chi connectivity index (χ0n) is 11.2. The van der Waals surface area contributed by atoms with Crippen LogP contribution in [0.5, 0.6) is 0 Å². The van der Waals surface area contributed by atoms with Gasteiger partial charge in [0.2, 0.25) is 0 Å². The van der Waals surface area contributed by atoms with Gasteiger partial charge in [-0.25, -0.2) is 4.39 Å². The second-order valence-electron chi connectivity index (χ2n) is 5.25. The van der Waals surface area contributed by atoms with Crippen LogP contribution in [-0.4, -0.2) is 18.1 Å². The first-order valence-electron chi connectivity index (χ1n) is 6.71. The Morgan fingerprint density at radius 1 is 1.24 bits per heavy atom. The number of benzene rings is 1. The molecule has 2 unspecified atom stereocenters. The van der Waals surface area contributed by atoms with E-state index in [1.165, 1.54) is 12.1 Å². The van der Waals surface area contributed by atoms with Crippen molar-refractivity contribution < 1.29 is 22.4 Å². The van der Waals surface area contributed by atoms with E-state index in [2.05, 4.69) is 5.32 Å². The van der Waals surface area contributed by atoms with Gasteiger partial charge in [-0.15, -0.1) is 0 Å². The van der Waals surface area contributed by atoms with Gasteiger partial charge in [-0.05, 0) is 31.0 Å². The SMILES string of the molecule is Nc1ccc(C(=O)NC2CCCCC2C(F)(F)F)cc1F. The van der Waals surface area contributed by atoms with Crippen molar-refractivity contribution in [3.63, 3.8) is 0 Å². The van der Waals surface area contributed by atoms with E-state index in [9.17, 15) is 22.4 Å². The largest absolute Gasteiger partial charge is 0.396 e. The van der Waals surface area contributed by atoms with Gasteiger partial charge in [0.15, 0.2) is 0 Å². The monoisotopic (exact) mass is 304 g/mol. The lowest BCUT2D eigenvalue weighted by Crippen LogP contribution is -2.47. The third-order valence-electron chi connectivity index (χ3n) is 3.77. The van der Waals surface area contributed by atoms with Crippen LogP contribution in [0.25, 0.3) is 0 Å². The maximum absolute atomic E-state index is 13.3. The second kappa shape index (κ2) is 5.91. The van der Waals surface area contributed by atoms with Crippen molar-refractivity contribution in [3.05, 3.63) is 29.6 Å². The molecule has 0 spiro atoms. The molecular formula is C14H16F4N2O. The number of nitrogens with two attached hydrogens (primary N) is 1. The molecule has 1 aromatic rings. The number of hydrogen-bond acceptors (Lipinski definition) is 2. The standard InChI is InChI=1S/C14H16F4N2O/c15-10-7-8(5-6-11(10)19)13(21)20-12-4-2-1-3-9(12)14(16,17)18/h5-7,9,12H,1-4,19H2,(H,20,21). The Morgan fingerprint density at radius 3 is 2.52 bits per heavy atom. The normalized spacial score (nSPS) is 22.9. The summed E-state index contributed by atoms with van der Waals surface area (Å²) < 4.78 is 52.1. The van der Waals surface area contributed by atoms with Crippen molar-refractivity contribution >= 4 is 11.6 Å². The molecule has 7 heteroatoms. The summed E-state index contributed by atoms with van der Waals surface area (Å²) in [6.07, 6.45) is -2.94. The fourth-order valence-electron chi connectivity index (χ4n) is 2.62. The van der Waals surface area contributed by atoms with Crippen molar-refractivity contribution in [3.8, 4) is 0 Å². The Hall–Kier alpha value is -1.79. The number of nitrogen functional groups attached to an aromatic ring is 1. The number of nitrogens with one attached hydrogen (secondary N) is 1. The topological polar surface area (TPSA) is 55.1 Å². The van der Waals surface area contributed by atoms with Crippen LogP contribution < -0.4 is 11.1 Å². The van der Waals surface area contributed by atoms with Crippen LogP contribution >= 0.6 is 0 Å². The van der Waals surface area contributed by atoms with E-state index in [1.807, 2.05) is 0 Å². The summed E-state index contributed by atoms with van der Waals surface area (Å²) in [6, 6.07) is 2.47. The highest BCUT2D eigenvalue weighted by Crippen LogP contribution is 2.37. The molecule has 21 heavy (non-hydrogen) atoms. The molecule has 1 amide bonds. The number of anilines is 1. The van der Waals surface area contributed by atoms with E-state index < -0.39 is 29.9 Å². The van der Waals surface area contributed by atoms with Crippen molar-refractivity contribution in [2.24, 2.45) is 5.92 Å². The predicted octanol–water partition coefficient (Wildman–Crippen LogP) is 3.26. The van der Waals surface area contributed by atoms with Crippen LogP contribution in [0, 0.1) is 11.7 Å². The quantitative estimate of drug-likeness (QED) is 0.651. The number of rotatable bonds is 2. The van der Waals surface area contributed by atoms with Crippen molar-refractivity contribution in [1.29, 1.82) is 0 Å². The van der Waals surface area contributed by atoms with Gasteiger partial charge in [0.1, 0.15) is 5.82 Å². The van der Waals surface area contributed by atoms with E-state index in [4.69, 9.17) is 5.73 Å². The zero-order valence-corrected chi connectivity index (χ0v) is 11.2. The summed E-state index contributed by atoms with van der Waals surface area (Å²) in [7, 11) is 0. The molecule has 3 nitrogen and oxygen atoms in total. The van der Waals surface area contributed by atoms with Crippen LogP contribution in [0.4, 0.5) is 23.2 Å². The molecule has 1 aliphatic rings. The molecule has 0 aliphatic heterocycles. The number of hydrogen-bond donors (Lipinski definition) is 2. The molecule has 0 bridgehead atoms. The lowest BCUT2D eigenvalue weighted by molar-refractivity contribution is -0.187. The molecule has 0 radical (unpaired) electrons. The van der Waals surface area contributed by atoms with Crippen LogP contribution in [0.2, 0.25) is 0 Å². The average Bonchev–Trinajstić information content (AvgIpc) is 2.41. The fraction of sp³-hybridized carbons (Fsp3) is 0.500. The number of halogens is 4. The smallest absolute Gasteiger partial charge is 0.393 e. The number of carbonyl (C=O) groups is 1. The molecule has 1 aromatic carbocycles. The Kier molecular flexibility index (Phi) is 4.39. The number of alkyl halides is 3. The van der Waals surface area contributed by atoms with Crippen molar-refractivity contribution in [2.45, 2.75) is 37.9 Å². The highest BCUT2D eigenvalue weighted by atomic mass is 19.4. The summed E-state index contributed by atoms with van der Waals surface area (Å²) in [6.45, 7) is 0. The van der Waals surface area contributed by atoms with Crippen LogP contribution in [-0.2, 0) is 0 Å². The van der Waals surface area contributed by atoms with Gasteiger partial charge in [0.05, 0.1) is 11.6 Å². The molecule has 0 aromatic heterocycles. The lowest BCUT2D eigenvalue weighted by Gasteiger charge is -2.33. The Labute approximate surface area is 119 Å². The van der Waals surface area contributed by atoms with Crippen molar-refractivity contribution in [1.82, 2.24) is 5.32 Å². The first-order chi connectivity index (χ1) is 9.79. The van der Waals surface area contributed by atoms with Gasteiger partial charge >= 0.3 is 6.18 Å². The molecule has 0 heterocycles. The fourth-order valence-corrected chi connectivity index (χ4v) is 2.62. The minimum absolute atomic E-state index is 0.00451. The zero-order chi connectivity index (χ0) is 15.6. The molecule has 1 aliphatic carbocycles. The Morgan fingerprint density at radius 2 is 1.90 bits per heavy atom. The van der Waals surface area contributed by atoms with E-state index in [1.54, 1.807) is 0 Å². The molecule has 2 atom stereocenters. The van der Waals surface area contributed by atoms with Gasteiger partial charge in [0, 0.05) is 11.6 Å². The third-order valence-corrected chi connectivity index (χ3v) is 3.77. The van der Waals surface area contributed by atoms with Crippen LogP contribution in [0.3, 0.4) is 0 Å². The van der Waals surface area contributed by atoms with E-state index in [0.29, 0.717) is 12.8 Å². The Bertz CT molecular complexity index is 530. The molecule has 3 N–H and O–H groups in total. The molecule has 116 valence electrons. The maximum Gasteiger partial charge on any atom is 0.393 e. The average molecular weight is 304 g/mol. The van der Waals surface area contributed by atoms with Gasteiger partial charge in [-0.2, -0.15) is 13.2 Å². The minimum Gasteiger partial charge on any atom is -0.396 e. The number of carbonyl (C=O) groups excluding carboxylic acids is 1. The third kappa shape index (κ3) is 3.65. The molecule has 2 rings (SSSR count).